The van der Waals surface area contributed by atoms with Gasteiger partial charge in [-0.3, -0.25) is 14.2 Å². The van der Waals surface area contributed by atoms with E-state index in [1.165, 1.54) is 54.3 Å². The third-order valence-corrected chi connectivity index (χ3v) is 8.07. The molecule has 2 aromatic heterocycles. The van der Waals surface area contributed by atoms with Crippen LogP contribution in [0.15, 0.2) is 22.6 Å². The Balaban J connectivity index is 1.49. The SMILES string of the molecule is C=CCn1c(SCC(=O)NC2CCCCCCC2)nc2sc3c(c2c1=O)CCC3. The highest BCUT2D eigenvalue weighted by molar-refractivity contribution is 7.99. The number of rotatable bonds is 6. The molecule has 7 heteroatoms. The minimum Gasteiger partial charge on any atom is -0.353 e. The summed E-state index contributed by atoms with van der Waals surface area (Å²) in [6, 6.07) is 0.287. The summed E-state index contributed by atoms with van der Waals surface area (Å²) in [6.07, 6.45) is 13.2. The van der Waals surface area contributed by atoms with Crippen molar-refractivity contribution < 1.29 is 4.79 Å². The smallest absolute Gasteiger partial charge is 0.263 e. The number of amides is 1. The molecule has 2 heterocycles. The van der Waals surface area contributed by atoms with Crippen LogP contribution in [-0.4, -0.2) is 27.3 Å². The number of aromatic nitrogens is 2. The predicted octanol–water partition coefficient (Wildman–Crippen LogP) is 4.45. The van der Waals surface area contributed by atoms with Gasteiger partial charge in [0.25, 0.3) is 5.56 Å². The van der Waals surface area contributed by atoms with Crippen LogP contribution >= 0.6 is 23.1 Å². The van der Waals surface area contributed by atoms with Gasteiger partial charge < -0.3 is 5.32 Å². The monoisotopic (exact) mass is 431 g/mol. The molecule has 0 spiro atoms. The van der Waals surface area contributed by atoms with E-state index < -0.39 is 0 Å². The number of thiophene rings is 1. The van der Waals surface area contributed by atoms with E-state index in [4.69, 9.17) is 4.98 Å². The molecule has 0 atom stereocenters. The second-order valence-electron chi connectivity index (χ2n) is 8.03. The number of nitrogens with one attached hydrogen (secondary N) is 1. The summed E-state index contributed by atoms with van der Waals surface area (Å²) in [5.41, 5.74) is 1.20. The van der Waals surface area contributed by atoms with Crippen molar-refractivity contribution >= 4 is 39.2 Å². The molecule has 2 aliphatic rings. The normalized spacial score (nSPS) is 17.7. The van der Waals surface area contributed by atoms with Gasteiger partial charge in [0.15, 0.2) is 5.16 Å². The summed E-state index contributed by atoms with van der Waals surface area (Å²) in [7, 11) is 0. The Morgan fingerprint density at radius 2 is 1.97 bits per heavy atom. The number of thioether (sulfide) groups is 1. The lowest BCUT2D eigenvalue weighted by Gasteiger charge is -2.21. The Labute approximate surface area is 180 Å². The minimum absolute atomic E-state index is 0.0113. The van der Waals surface area contributed by atoms with Crippen molar-refractivity contribution in [1.82, 2.24) is 14.9 Å². The fraction of sp³-hybridized carbons (Fsp3) is 0.591. The van der Waals surface area contributed by atoms with Gasteiger partial charge in [-0.1, -0.05) is 49.9 Å². The van der Waals surface area contributed by atoms with Crippen molar-refractivity contribution in [2.24, 2.45) is 0 Å². The first-order chi connectivity index (χ1) is 14.2. The standard InChI is InChI=1S/C22H29N3O2S2/c1-2-13-25-21(27)19-16-11-8-12-17(16)29-20(19)24-22(25)28-14-18(26)23-15-9-6-4-3-5-7-10-15/h2,15H,1,3-14H2,(H,23,26). The molecule has 0 radical (unpaired) electrons. The second-order valence-corrected chi connectivity index (χ2v) is 10.1. The molecule has 5 nitrogen and oxygen atoms in total. The number of fused-ring (bicyclic) bond motifs is 3. The third kappa shape index (κ3) is 4.61. The fourth-order valence-corrected chi connectivity index (χ4v) is 6.58. The lowest BCUT2D eigenvalue weighted by molar-refractivity contribution is -0.119. The first-order valence-corrected chi connectivity index (χ1v) is 12.6. The fourth-order valence-electron chi connectivity index (χ4n) is 4.46. The predicted molar refractivity (Wildman–Crippen MR) is 121 cm³/mol. The zero-order valence-corrected chi connectivity index (χ0v) is 18.5. The number of allylic oxidation sites excluding steroid dienone is 1. The summed E-state index contributed by atoms with van der Waals surface area (Å²) >= 11 is 3.01. The molecule has 1 N–H and O–H groups in total. The summed E-state index contributed by atoms with van der Waals surface area (Å²) in [5, 5.41) is 4.60. The summed E-state index contributed by atoms with van der Waals surface area (Å²) in [5.74, 6) is 0.324. The Morgan fingerprint density at radius 1 is 1.21 bits per heavy atom. The molecule has 4 rings (SSSR count). The molecule has 1 saturated carbocycles. The Hall–Kier alpha value is -1.60. The van der Waals surface area contributed by atoms with E-state index in [9.17, 15) is 9.59 Å². The quantitative estimate of drug-likeness (QED) is 0.417. The van der Waals surface area contributed by atoms with Crippen LogP contribution in [0, 0.1) is 0 Å². The summed E-state index contributed by atoms with van der Waals surface area (Å²) in [4.78, 5) is 32.6. The molecule has 2 aromatic rings. The van der Waals surface area contributed by atoms with Gasteiger partial charge in [0.05, 0.1) is 11.1 Å². The van der Waals surface area contributed by atoms with E-state index in [0.717, 1.165) is 42.3 Å². The third-order valence-electron chi connectivity index (χ3n) is 5.90. The van der Waals surface area contributed by atoms with Gasteiger partial charge in [-0.15, -0.1) is 17.9 Å². The number of aryl methyl sites for hydroxylation is 2. The summed E-state index contributed by atoms with van der Waals surface area (Å²) < 4.78 is 1.68. The van der Waals surface area contributed by atoms with Gasteiger partial charge in [0.1, 0.15) is 4.83 Å². The van der Waals surface area contributed by atoms with Gasteiger partial charge in [0, 0.05) is 17.5 Å². The second kappa shape index (κ2) is 9.47. The largest absolute Gasteiger partial charge is 0.353 e. The van der Waals surface area contributed by atoms with Crippen LogP contribution in [0.5, 0.6) is 0 Å². The number of carbonyl (C=O) groups is 1. The van der Waals surface area contributed by atoms with Gasteiger partial charge in [-0.05, 0) is 37.7 Å². The van der Waals surface area contributed by atoms with Crippen molar-refractivity contribution in [3.05, 3.63) is 33.4 Å². The molecule has 0 bridgehead atoms. The maximum absolute atomic E-state index is 13.2. The lowest BCUT2D eigenvalue weighted by Crippen LogP contribution is -2.36. The van der Waals surface area contributed by atoms with Gasteiger partial charge in [-0.2, -0.15) is 0 Å². The number of hydrogen-bond acceptors (Lipinski definition) is 5. The van der Waals surface area contributed by atoms with Crippen molar-refractivity contribution in [2.75, 3.05) is 5.75 Å². The van der Waals surface area contributed by atoms with E-state index in [1.54, 1.807) is 22.0 Å². The van der Waals surface area contributed by atoms with E-state index >= 15 is 0 Å². The zero-order valence-electron chi connectivity index (χ0n) is 16.9. The van der Waals surface area contributed by atoms with Crippen LogP contribution in [0.2, 0.25) is 0 Å². The number of carbonyl (C=O) groups excluding carboxylic acids is 1. The van der Waals surface area contributed by atoms with Crippen molar-refractivity contribution in [3.8, 4) is 0 Å². The van der Waals surface area contributed by atoms with Gasteiger partial charge in [-0.25, -0.2) is 4.98 Å². The van der Waals surface area contributed by atoms with E-state index in [2.05, 4.69) is 11.9 Å². The van der Waals surface area contributed by atoms with E-state index in [1.807, 2.05) is 0 Å². The lowest BCUT2D eigenvalue weighted by atomic mass is 9.97. The van der Waals surface area contributed by atoms with Crippen LogP contribution in [0.3, 0.4) is 0 Å². The van der Waals surface area contributed by atoms with Crippen LogP contribution in [0.4, 0.5) is 0 Å². The molecule has 29 heavy (non-hydrogen) atoms. The van der Waals surface area contributed by atoms with Gasteiger partial charge in [0.2, 0.25) is 5.91 Å². The average molecular weight is 432 g/mol. The first-order valence-electron chi connectivity index (χ1n) is 10.8. The van der Waals surface area contributed by atoms with Gasteiger partial charge >= 0.3 is 0 Å². The summed E-state index contributed by atoms with van der Waals surface area (Å²) in [6.45, 7) is 4.21. The topological polar surface area (TPSA) is 64.0 Å². The Kier molecular flexibility index (Phi) is 6.75. The molecule has 0 unspecified atom stereocenters. The Bertz CT molecular complexity index is 955. The molecule has 0 aromatic carbocycles. The van der Waals surface area contributed by atoms with Crippen LogP contribution < -0.4 is 10.9 Å². The van der Waals surface area contributed by atoms with Crippen molar-refractivity contribution in [2.45, 2.75) is 82.0 Å². The first kappa shape index (κ1) is 20.7. The van der Waals surface area contributed by atoms with Crippen LogP contribution in [0.1, 0.15) is 61.8 Å². The van der Waals surface area contributed by atoms with Crippen LogP contribution in [0.25, 0.3) is 10.2 Å². The molecule has 2 aliphatic carbocycles. The van der Waals surface area contributed by atoms with Crippen LogP contribution in [-0.2, 0) is 24.2 Å². The maximum atomic E-state index is 13.2. The molecule has 1 fully saturated rings. The highest BCUT2D eigenvalue weighted by Crippen LogP contribution is 2.35. The highest BCUT2D eigenvalue weighted by atomic mass is 32.2. The van der Waals surface area contributed by atoms with E-state index in [0.29, 0.717) is 11.7 Å². The highest BCUT2D eigenvalue weighted by Gasteiger charge is 2.23. The molecule has 156 valence electrons. The van der Waals surface area contributed by atoms with E-state index in [-0.39, 0.29) is 23.3 Å². The zero-order chi connectivity index (χ0) is 20.2. The number of hydrogen-bond donors (Lipinski definition) is 1. The maximum Gasteiger partial charge on any atom is 0.263 e. The number of nitrogens with zero attached hydrogens (tertiary/aromatic N) is 2. The average Bonchev–Trinajstić information content (AvgIpc) is 3.25. The Morgan fingerprint density at radius 3 is 2.72 bits per heavy atom. The molecule has 1 amide bonds. The molecular formula is C22H29N3O2S2. The molecule has 0 aliphatic heterocycles. The minimum atomic E-state index is 0.0113. The molecule has 0 saturated heterocycles. The van der Waals surface area contributed by atoms with Crippen molar-refractivity contribution in [3.63, 3.8) is 0 Å². The molecular weight excluding hydrogens is 402 g/mol. The van der Waals surface area contributed by atoms with Crippen molar-refractivity contribution in [1.29, 1.82) is 0 Å².